The van der Waals surface area contributed by atoms with Crippen molar-refractivity contribution in [1.29, 1.82) is 0 Å². The number of carbonyl (C=O) groups excluding carboxylic acids is 2. The van der Waals surface area contributed by atoms with Crippen LogP contribution in [0, 0.1) is 0 Å². The van der Waals surface area contributed by atoms with Gasteiger partial charge in [-0.3, -0.25) is 9.59 Å². The maximum atomic E-state index is 11.9. The predicted molar refractivity (Wildman–Crippen MR) is 72.5 cm³/mol. The summed E-state index contributed by atoms with van der Waals surface area (Å²) >= 11 is 3.05. The average molecular weight is 361 g/mol. The zero-order valence-electron chi connectivity index (χ0n) is 10.8. The van der Waals surface area contributed by atoms with Crippen LogP contribution in [0.3, 0.4) is 0 Å². The van der Waals surface area contributed by atoms with Crippen LogP contribution in [-0.2, 0) is 9.59 Å². The molecular weight excluding hydrogens is 348 g/mol. The molecule has 0 spiro atoms. The first-order valence-electron chi connectivity index (χ1n) is 6.12. The minimum atomic E-state index is -1.18. The fourth-order valence-corrected chi connectivity index (χ4v) is 2.41. The van der Waals surface area contributed by atoms with E-state index in [1.165, 1.54) is 12.1 Å². The van der Waals surface area contributed by atoms with Gasteiger partial charge in [0.15, 0.2) is 10.4 Å². The van der Waals surface area contributed by atoms with Gasteiger partial charge in [-0.2, -0.15) is 0 Å². The molecule has 1 saturated heterocycles. The Morgan fingerprint density at radius 1 is 1.43 bits per heavy atom. The van der Waals surface area contributed by atoms with E-state index in [-0.39, 0.29) is 25.3 Å². The number of aliphatic carboxylic acids is 1. The maximum Gasteiger partial charge on any atom is 0.326 e. The molecular formula is C12H13BrN2O6. The van der Waals surface area contributed by atoms with Crippen molar-refractivity contribution in [2.45, 2.75) is 18.6 Å². The van der Waals surface area contributed by atoms with Gasteiger partial charge in [-0.05, 0) is 28.1 Å². The van der Waals surface area contributed by atoms with Crippen molar-refractivity contribution < 1.29 is 29.0 Å². The molecule has 21 heavy (non-hydrogen) atoms. The van der Waals surface area contributed by atoms with Crippen LogP contribution in [0.4, 0.5) is 0 Å². The third kappa shape index (κ3) is 3.61. The Kier molecular flexibility index (Phi) is 4.63. The fraction of sp³-hybridized carbons (Fsp3) is 0.417. The molecule has 1 aliphatic heterocycles. The van der Waals surface area contributed by atoms with Gasteiger partial charge < -0.3 is 24.8 Å². The van der Waals surface area contributed by atoms with Crippen molar-refractivity contribution in [3.05, 3.63) is 22.6 Å². The number of rotatable bonds is 4. The number of halogens is 1. The molecule has 0 aliphatic carbocycles. The Morgan fingerprint density at radius 3 is 2.71 bits per heavy atom. The first kappa shape index (κ1) is 15.5. The number of carboxylic acid groups (broad SMARTS) is 1. The lowest BCUT2D eigenvalue weighted by Gasteiger charge is -2.21. The lowest BCUT2D eigenvalue weighted by atomic mass is 10.2. The molecule has 1 aromatic rings. The quantitative estimate of drug-likeness (QED) is 0.684. The first-order valence-corrected chi connectivity index (χ1v) is 6.91. The number of nitrogens with one attached hydrogen (secondary N) is 1. The topological polar surface area (TPSA) is 120 Å². The van der Waals surface area contributed by atoms with Crippen molar-refractivity contribution in [2.75, 3.05) is 13.1 Å². The van der Waals surface area contributed by atoms with Gasteiger partial charge in [-0.15, -0.1) is 0 Å². The lowest BCUT2D eigenvalue weighted by Crippen LogP contribution is -2.45. The van der Waals surface area contributed by atoms with E-state index in [4.69, 9.17) is 9.52 Å². The fourth-order valence-electron chi connectivity index (χ4n) is 2.10. The Labute approximate surface area is 127 Å². The number of hydrogen-bond donors (Lipinski definition) is 3. The highest BCUT2D eigenvalue weighted by Crippen LogP contribution is 2.18. The zero-order chi connectivity index (χ0) is 15.6. The second-order valence-corrected chi connectivity index (χ2v) is 5.36. The average Bonchev–Trinajstić information content (AvgIpc) is 3.01. The van der Waals surface area contributed by atoms with Crippen molar-refractivity contribution >= 4 is 33.7 Å². The summed E-state index contributed by atoms with van der Waals surface area (Å²) in [6, 6.07) is 1.90. The Morgan fingerprint density at radius 2 is 2.14 bits per heavy atom. The maximum absolute atomic E-state index is 11.9. The summed E-state index contributed by atoms with van der Waals surface area (Å²) in [5, 5.41) is 20.8. The third-order valence-corrected chi connectivity index (χ3v) is 3.51. The second-order valence-electron chi connectivity index (χ2n) is 4.58. The number of carbonyl (C=O) groups is 3. The van der Waals surface area contributed by atoms with E-state index in [1.807, 2.05) is 0 Å². The Hall–Kier alpha value is -1.87. The molecule has 0 bridgehead atoms. The SMILES string of the molecule is O=C(NCC(=O)N1CC(O)CC1C(=O)O)c1ccc(Br)o1. The summed E-state index contributed by atoms with van der Waals surface area (Å²) in [6.07, 6.45) is -0.882. The molecule has 2 atom stereocenters. The van der Waals surface area contributed by atoms with Gasteiger partial charge in [0.05, 0.1) is 12.6 Å². The number of aliphatic hydroxyl groups excluding tert-OH is 1. The molecule has 0 aromatic carbocycles. The molecule has 1 aliphatic rings. The van der Waals surface area contributed by atoms with Crippen LogP contribution in [0.1, 0.15) is 17.0 Å². The lowest BCUT2D eigenvalue weighted by molar-refractivity contribution is -0.147. The summed E-state index contributed by atoms with van der Waals surface area (Å²) in [7, 11) is 0. The summed E-state index contributed by atoms with van der Waals surface area (Å²) in [4.78, 5) is 35.7. The van der Waals surface area contributed by atoms with E-state index in [1.54, 1.807) is 0 Å². The van der Waals surface area contributed by atoms with Crippen LogP contribution >= 0.6 is 15.9 Å². The summed E-state index contributed by atoms with van der Waals surface area (Å²) in [5.74, 6) is -2.30. The molecule has 2 heterocycles. The molecule has 8 nitrogen and oxygen atoms in total. The highest BCUT2D eigenvalue weighted by molar-refractivity contribution is 9.10. The minimum absolute atomic E-state index is 0.0137. The standard InChI is InChI=1S/C12H13BrN2O6/c13-9-2-1-8(21-9)11(18)14-4-10(17)15-5-6(16)3-7(15)12(19)20/h1-2,6-7,16H,3-5H2,(H,14,18)(H,19,20). The summed E-state index contributed by atoms with van der Waals surface area (Å²) < 4.78 is 5.41. The number of hydrogen-bond acceptors (Lipinski definition) is 5. The van der Waals surface area contributed by atoms with Gasteiger partial charge in [0.2, 0.25) is 5.91 Å². The molecule has 1 aromatic heterocycles. The molecule has 2 amide bonds. The van der Waals surface area contributed by atoms with E-state index in [0.29, 0.717) is 4.67 Å². The van der Waals surface area contributed by atoms with Gasteiger partial charge >= 0.3 is 5.97 Å². The molecule has 0 saturated carbocycles. The number of nitrogens with zero attached hydrogens (tertiary/aromatic N) is 1. The third-order valence-electron chi connectivity index (χ3n) is 3.08. The van der Waals surface area contributed by atoms with Crippen molar-refractivity contribution in [3.8, 4) is 0 Å². The monoisotopic (exact) mass is 360 g/mol. The molecule has 2 unspecified atom stereocenters. The van der Waals surface area contributed by atoms with E-state index >= 15 is 0 Å². The molecule has 2 rings (SSSR count). The number of likely N-dealkylation sites (tertiary alicyclic amines) is 1. The smallest absolute Gasteiger partial charge is 0.326 e. The molecule has 1 fully saturated rings. The summed E-state index contributed by atoms with van der Waals surface area (Å²) in [6.45, 7) is -0.425. The van der Waals surface area contributed by atoms with E-state index < -0.39 is 29.9 Å². The van der Waals surface area contributed by atoms with Crippen LogP contribution in [-0.4, -0.2) is 58.1 Å². The van der Waals surface area contributed by atoms with Crippen LogP contribution in [0.15, 0.2) is 21.2 Å². The number of amides is 2. The van der Waals surface area contributed by atoms with Crippen molar-refractivity contribution in [2.24, 2.45) is 0 Å². The van der Waals surface area contributed by atoms with Crippen molar-refractivity contribution in [3.63, 3.8) is 0 Å². The Balaban J connectivity index is 1.92. The van der Waals surface area contributed by atoms with Crippen LogP contribution < -0.4 is 5.32 Å². The van der Waals surface area contributed by atoms with E-state index in [2.05, 4.69) is 21.2 Å². The van der Waals surface area contributed by atoms with E-state index in [0.717, 1.165) is 4.90 Å². The molecule has 3 N–H and O–H groups in total. The zero-order valence-corrected chi connectivity index (χ0v) is 12.4. The van der Waals surface area contributed by atoms with Crippen LogP contribution in [0.25, 0.3) is 0 Å². The van der Waals surface area contributed by atoms with E-state index in [9.17, 15) is 19.5 Å². The number of β-amino-alcohol motifs (C(OH)–C–C–N with tert-alkyl or cyclic N) is 1. The second kappa shape index (κ2) is 6.27. The van der Waals surface area contributed by atoms with Gasteiger partial charge in [0, 0.05) is 13.0 Å². The molecule has 9 heteroatoms. The highest BCUT2D eigenvalue weighted by Gasteiger charge is 2.38. The minimum Gasteiger partial charge on any atom is -0.480 e. The van der Waals surface area contributed by atoms with Gasteiger partial charge in [-0.1, -0.05) is 0 Å². The van der Waals surface area contributed by atoms with Gasteiger partial charge in [0.1, 0.15) is 6.04 Å². The highest BCUT2D eigenvalue weighted by atomic mass is 79.9. The number of aliphatic hydroxyl groups is 1. The largest absolute Gasteiger partial charge is 0.480 e. The predicted octanol–water partition coefficient (Wildman–Crippen LogP) is -0.182. The van der Waals surface area contributed by atoms with Crippen LogP contribution in [0.2, 0.25) is 0 Å². The van der Waals surface area contributed by atoms with Gasteiger partial charge in [-0.25, -0.2) is 4.79 Å². The van der Waals surface area contributed by atoms with Crippen LogP contribution in [0.5, 0.6) is 0 Å². The van der Waals surface area contributed by atoms with Crippen molar-refractivity contribution in [1.82, 2.24) is 10.2 Å². The molecule has 0 radical (unpaired) electrons. The normalized spacial score (nSPS) is 21.3. The summed E-state index contributed by atoms with van der Waals surface area (Å²) in [5.41, 5.74) is 0. The molecule has 114 valence electrons. The number of carboxylic acids is 1. The van der Waals surface area contributed by atoms with Gasteiger partial charge in [0.25, 0.3) is 5.91 Å². The Bertz CT molecular complexity index is 572. The first-order chi connectivity index (χ1) is 9.88. The number of furan rings is 1.